The fraction of sp³-hybridized carbons (Fsp3) is 0.706. The van der Waals surface area contributed by atoms with E-state index in [1.165, 1.54) is 63.9 Å². The van der Waals surface area contributed by atoms with Crippen LogP contribution in [0.3, 0.4) is 0 Å². The largest absolute Gasteiger partial charge is 0.500 e. The van der Waals surface area contributed by atoms with Gasteiger partial charge in [0.05, 0.1) is 0 Å². The van der Waals surface area contributed by atoms with Crippen molar-refractivity contribution in [2.24, 2.45) is 0 Å². The Morgan fingerprint density at radius 3 is 2.00 bits per heavy atom. The lowest BCUT2D eigenvalue weighted by Crippen LogP contribution is -2.33. The van der Waals surface area contributed by atoms with E-state index in [9.17, 15) is 10.2 Å². The van der Waals surface area contributed by atoms with Crippen molar-refractivity contribution < 1.29 is 14.8 Å². The van der Waals surface area contributed by atoms with Gasteiger partial charge in [-0.15, -0.1) is 0 Å². The normalized spacial score (nSPS) is 10.8. The first-order valence-electron chi connectivity index (χ1n) is 8.16. The van der Waals surface area contributed by atoms with E-state index in [4.69, 9.17) is 0 Å². The molecule has 0 aliphatic rings. The highest BCUT2D eigenvalue weighted by Crippen LogP contribution is 2.17. The molecule has 0 bridgehead atoms. The molecule has 0 amide bonds. The van der Waals surface area contributed by atoms with Crippen LogP contribution in [0.15, 0.2) is 18.3 Å². The highest BCUT2D eigenvalue weighted by molar-refractivity contribution is 5.24. The third-order valence-corrected chi connectivity index (χ3v) is 3.77. The molecule has 0 aromatic carbocycles. The molecule has 0 unspecified atom stereocenters. The Morgan fingerprint density at radius 1 is 0.850 bits per heavy atom. The van der Waals surface area contributed by atoms with Gasteiger partial charge in [0.1, 0.15) is 0 Å². The van der Waals surface area contributed by atoms with Crippen LogP contribution in [0, 0.1) is 0 Å². The minimum atomic E-state index is -0.0421. The van der Waals surface area contributed by atoms with Gasteiger partial charge in [-0.3, -0.25) is 0 Å². The van der Waals surface area contributed by atoms with Gasteiger partial charge in [-0.2, -0.15) is 4.57 Å². The van der Waals surface area contributed by atoms with Crippen LogP contribution in [0.2, 0.25) is 0 Å². The number of aryl methyl sites for hydroxylation is 1. The molecule has 0 atom stereocenters. The third kappa shape index (κ3) is 6.78. The Bertz CT molecular complexity index is 366. The molecule has 114 valence electrons. The van der Waals surface area contributed by atoms with E-state index >= 15 is 0 Å². The fourth-order valence-corrected chi connectivity index (χ4v) is 2.48. The van der Waals surface area contributed by atoms with E-state index in [2.05, 4.69) is 6.92 Å². The minimum Gasteiger partial charge on any atom is -0.500 e. The molecule has 0 spiro atoms. The summed E-state index contributed by atoms with van der Waals surface area (Å²) in [6, 6.07) is 3.26. The third-order valence-electron chi connectivity index (χ3n) is 3.77. The lowest BCUT2D eigenvalue weighted by molar-refractivity contribution is -0.703. The van der Waals surface area contributed by atoms with Crippen LogP contribution in [0.25, 0.3) is 0 Å². The van der Waals surface area contributed by atoms with E-state index in [-0.39, 0.29) is 11.6 Å². The minimum absolute atomic E-state index is 0.0246. The van der Waals surface area contributed by atoms with Crippen molar-refractivity contribution in [3.05, 3.63) is 18.3 Å². The summed E-state index contributed by atoms with van der Waals surface area (Å²) in [7, 11) is 0. The number of nitrogens with zero attached hydrogens (tertiary/aromatic N) is 1. The zero-order chi connectivity index (χ0) is 14.6. The van der Waals surface area contributed by atoms with E-state index in [1.54, 1.807) is 10.6 Å². The topological polar surface area (TPSA) is 44.3 Å². The van der Waals surface area contributed by atoms with E-state index < -0.39 is 0 Å². The van der Waals surface area contributed by atoms with Gasteiger partial charge in [0.25, 0.3) is 0 Å². The van der Waals surface area contributed by atoms with Crippen LogP contribution in [0.5, 0.6) is 11.6 Å². The summed E-state index contributed by atoms with van der Waals surface area (Å²) in [5, 5.41) is 19.0. The molecule has 0 saturated heterocycles. The molecule has 0 aliphatic heterocycles. The van der Waals surface area contributed by atoms with Gasteiger partial charge in [0.2, 0.25) is 5.75 Å². The molecule has 20 heavy (non-hydrogen) atoms. The van der Waals surface area contributed by atoms with Crippen molar-refractivity contribution in [1.82, 2.24) is 0 Å². The molecule has 0 radical (unpaired) electrons. The van der Waals surface area contributed by atoms with E-state index in [0.717, 1.165) is 13.0 Å². The maximum atomic E-state index is 9.65. The predicted octanol–water partition coefficient (Wildman–Crippen LogP) is 4.31. The average molecular weight is 280 g/mol. The van der Waals surface area contributed by atoms with E-state index in [1.807, 2.05) is 6.20 Å². The molecule has 1 heterocycles. The Kier molecular flexibility index (Phi) is 8.84. The van der Waals surface area contributed by atoms with E-state index in [0.29, 0.717) is 0 Å². The van der Waals surface area contributed by atoms with Gasteiger partial charge < -0.3 is 10.2 Å². The smallest absolute Gasteiger partial charge is 0.408 e. The monoisotopic (exact) mass is 280 g/mol. The summed E-state index contributed by atoms with van der Waals surface area (Å²) in [5.41, 5.74) is 0. The molecule has 0 saturated carbocycles. The first kappa shape index (κ1) is 16.8. The Hall–Kier alpha value is -1.25. The average Bonchev–Trinajstić information content (AvgIpc) is 2.45. The Labute approximate surface area is 123 Å². The number of pyridine rings is 1. The number of hydrogen-bond donors (Lipinski definition) is 2. The first-order valence-corrected chi connectivity index (χ1v) is 8.16. The summed E-state index contributed by atoms with van der Waals surface area (Å²) < 4.78 is 1.71. The quantitative estimate of drug-likeness (QED) is 0.468. The molecule has 0 aliphatic carbocycles. The van der Waals surface area contributed by atoms with Crippen LogP contribution in [-0.4, -0.2) is 10.2 Å². The van der Waals surface area contributed by atoms with Gasteiger partial charge in [0, 0.05) is 12.5 Å². The summed E-state index contributed by atoms with van der Waals surface area (Å²) in [6.45, 7) is 3.03. The maximum absolute atomic E-state index is 9.65. The van der Waals surface area contributed by atoms with Crippen LogP contribution < -0.4 is 4.57 Å². The van der Waals surface area contributed by atoms with Crippen LogP contribution in [0.1, 0.15) is 71.1 Å². The van der Waals surface area contributed by atoms with Gasteiger partial charge in [-0.05, 0) is 12.5 Å². The summed E-state index contributed by atoms with van der Waals surface area (Å²) in [4.78, 5) is 0. The number of rotatable bonds is 11. The van der Waals surface area contributed by atoms with Crippen molar-refractivity contribution in [3.8, 4) is 11.6 Å². The number of aromatic nitrogens is 1. The Balaban J connectivity index is 1.98. The van der Waals surface area contributed by atoms with Crippen LogP contribution in [-0.2, 0) is 6.54 Å². The first-order chi connectivity index (χ1) is 9.75. The molecule has 3 nitrogen and oxygen atoms in total. The molecule has 1 aromatic heterocycles. The zero-order valence-corrected chi connectivity index (χ0v) is 12.9. The molecule has 2 N–H and O–H groups in total. The number of aromatic hydroxyl groups is 2. The summed E-state index contributed by atoms with van der Waals surface area (Å²) in [5.74, 6) is -0.0667. The van der Waals surface area contributed by atoms with Crippen molar-refractivity contribution in [1.29, 1.82) is 0 Å². The highest BCUT2D eigenvalue weighted by atomic mass is 16.3. The second-order valence-corrected chi connectivity index (χ2v) is 5.59. The fourth-order valence-electron chi connectivity index (χ4n) is 2.48. The van der Waals surface area contributed by atoms with Crippen molar-refractivity contribution in [3.63, 3.8) is 0 Å². The van der Waals surface area contributed by atoms with Gasteiger partial charge in [-0.1, -0.05) is 58.3 Å². The lowest BCUT2D eigenvalue weighted by Gasteiger charge is -2.02. The second kappa shape index (κ2) is 10.5. The summed E-state index contributed by atoms with van der Waals surface area (Å²) >= 11 is 0. The van der Waals surface area contributed by atoms with Crippen LogP contribution >= 0.6 is 0 Å². The standard InChI is InChI=1S/C17H29NO2/c1-2-3-4-5-6-7-8-9-10-11-14-18-15-12-13-16(19)17(18)20/h12-13,15,19H,2-11,14H2,1H3/p+1. The lowest BCUT2D eigenvalue weighted by atomic mass is 10.1. The van der Waals surface area contributed by atoms with Gasteiger partial charge in [0.15, 0.2) is 12.7 Å². The Morgan fingerprint density at radius 2 is 1.40 bits per heavy atom. The summed E-state index contributed by atoms with van der Waals surface area (Å²) in [6.07, 6.45) is 14.9. The number of hydrogen-bond acceptors (Lipinski definition) is 2. The van der Waals surface area contributed by atoms with Gasteiger partial charge in [-0.25, -0.2) is 0 Å². The van der Waals surface area contributed by atoms with Crippen LogP contribution in [0.4, 0.5) is 0 Å². The molecular formula is C17H30NO2+. The predicted molar refractivity (Wildman–Crippen MR) is 81.8 cm³/mol. The van der Waals surface area contributed by atoms with Crippen molar-refractivity contribution in [2.75, 3.05) is 0 Å². The van der Waals surface area contributed by atoms with Crippen molar-refractivity contribution >= 4 is 0 Å². The number of unbranched alkanes of at least 4 members (excludes halogenated alkanes) is 9. The molecule has 0 fully saturated rings. The van der Waals surface area contributed by atoms with Gasteiger partial charge >= 0.3 is 5.88 Å². The second-order valence-electron chi connectivity index (χ2n) is 5.59. The molecule has 3 heteroatoms. The highest BCUT2D eigenvalue weighted by Gasteiger charge is 2.12. The maximum Gasteiger partial charge on any atom is 0.408 e. The van der Waals surface area contributed by atoms with Crippen molar-refractivity contribution in [2.45, 2.75) is 77.7 Å². The molecular weight excluding hydrogens is 250 g/mol. The molecule has 1 rings (SSSR count). The molecule has 1 aromatic rings. The zero-order valence-electron chi connectivity index (χ0n) is 12.9. The SMILES string of the molecule is CCCCCCCCCCCC[n+]1cccc(O)c1O.